The number of benzene rings is 1. The van der Waals surface area contributed by atoms with Gasteiger partial charge in [0.25, 0.3) is 0 Å². The number of hydrogen-bond acceptors (Lipinski definition) is 2. The van der Waals surface area contributed by atoms with Gasteiger partial charge in [-0.1, -0.05) is 19.9 Å². The van der Waals surface area contributed by atoms with Crippen LogP contribution in [0.3, 0.4) is 0 Å². The number of rotatable bonds is 6. The lowest BCUT2D eigenvalue weighted by Crippen LogP contribution is -2.24. The second kappa shape index (κ2) is 6.33. The van der Waals surface area contributed by atoms with E-state index in [1.165, 1.54) is 24.2 Å². The van der Waals surface area contributed by atoms with Crippen molar-refractivity contribution in [1.29, 1.82) is 0 Å². The average molecular weight is 206 g/mol. The van der Waals surface area contributed by atoms with Crippen molar-refractivity contribution < 1.29 is 0 Å². The van der Waals surface area contributed by atoms with Crippen molar-refractivity contribution in [2.24, 2.45) is 0 Å². The fourth-order valence-electron chi connectivity index (χ4n) is 1.77. The molecular weight excluding hydrogens is 184 g/mol. The van der Waals surface area contributed by atoms with Crippen LogP contribution < -0.4 is 10.2 Å². The Morgan fingerprint density at radius 2 is 1.80 bits per heavy atom. The monoisotopic (exact) mass is 206 g/mol. The summed E-state index contributed by atoms with van der Waals surface area (Å²) >= 11 is 0. The molecule has 1 aromatic rings. The van der Waals surface area contributed by atoms with E-state index in [1.807, 2.05) is 7.05 Å². The van der Waals surface area contributed by atoms with Gasteiger partial charge < -0.3 is 10.2 Å². The molecule has 0 aliphatic carbocycles. The maximum atomic E-state index is 3.18. The van der Waals surface area contributed by atoms with Crippen LogP contribution >= 0.6 is 0 Å². The van der Waals surface area contributed by atoms with Crippen molar-refractivity contribution in [2.75, 3.05) is 30.4 Å². The predicted molar refractivity (Wildman–Crippen MR) is 68.8 cm³/mol. The maximum absolute atomic E-state index is 3.18. The van der Waals surface area contributed by atoms with Gasteiger partial charge in [-0.3, -0.25) is 0 Å². The zero-order valence-corrected chi connectivity index (χ0v) is 10.1. The first kappa shape index (κ1) is 11.9. The van der Waals surface area contributed by atoms with Crippen LogP contribution in [0.1, 0.15) is 26.7 Å². The summed E-state index contributed by atoms with van der Waals surface area (Å²) in [6, 6.07) is 8.61. The summed E-state index contributed by atoms with van der Waals surface area (Å²) in [6.07, 6.45) is 2.40. The third kappa shape index (κ3) is 3.46. The number of hydrogen-bond donors (Lipinski definition) is 1. The second-order valence-corrected chi connectivity index (χ2v) is 3.79. The van der Waals surface area contributed by atoms with Gasteiger partial charge in [-0.2, -0.15) is 0 Å². The van der Waals surface area contributed by atoms with E-state index >= 15 is 0 Å². The molecule has 2 heteroatoms. The third-order valence-corrected chi connectivity index (χ3v) is 2.49. The molecule has 84 valence electrons. The van der Waals surface area contributed by atoms with E-state index < -0.39 is 0 Å². The summed E-state index contributed by atoms with van der Waals surface area (Å²) in [5, 5.41) is 3.18. The van der Waals surface area contributed by atoms with E-state index in [4.69, 9.17) is 0 Å². The van der Waals surface area contributed by atoms with Crippen molar-refractivity contribution in [2.45, 2.75) is 26.7 Å². The predicted octanol–water partition coefficient (Wildman–Crippen LogP) is 3.35. The molecule has 0 aliphatic heterocycles. The summed E-state index contributed by atoms with van der Waals surface area (Å²) in [6.45, 7) is 6.73. The molecular formula is C13H22N2. The van der Waals surface area contributed by atoms with Crippen LogP contribution in [0.25, 0.3) is 0 Å². The standard InChI is InChI=1S/C13H22N2/c1-4-9-15(10-5-2)13-8-6-7-12(11-13)14-3/h6-8,11,14H,4-5,9-10H2,1-3H3. The molecule has 0 radical (unpaired) electrons. The highest BCUT2D eigenvalue weighted by atomic mass is 15.1. The molecule has 2 nitrogen and oxygen atoms in total. The molecule has 1 N–H and O–H groups in total. The Kier molecular flexibility index (Phi) is 5.02. The van der Waals surface area contributed by atoms with E-state index in [0.717, 1.165) is 13.1 Å². The Morgan fingerprint density at radius 1 is 1.13 bits per heavy atom. The molecule has 0 aliphatic rings. The summed E-state index contributed by atoms with van der Waals surface area (Å²) in [4.78, 5) is 2.45. The van der Waals surface area contributed by atoms with E-state index in [-0.39, 0.29) is 0 Å². The molecule has 0 unspecified atom stereocenters. The zero-order chi connectivity index (χ0) is 11.1. The van der Waals surface area contributed by atoms with Crippen LogP contribution in [0.5, 0.6) is 0 Å². The van der Waals surface area contributed by atoms with Gasteiger partial charge in [0.1, 0.15) is 0 Å². The maximum Gasteiger partial charge on any atom is 0.0386 e. The lowest BCUT2D eigenvalue weighted by atomic mass is 10.2. The van der Waals surface area contributed by atoms with Crippen molar-refractivity contribution in [3.05, 3.63) is 24.3 Å². The third-order valence-electron chi connectivity index (χ3n) is 2.49. The van der Waals surface area contributed by atoms with Crippen molar-refractivity contribution in [3.8, 4) is 0 Å². The number of anilines is 2. The molecule has 0 amide bonds. The van der Waals surface area contributed by atoms with Crippen molar-refractivity contribution in [3.63, 3.8) is 0 Å². The molecule has 0 saturated carbocycles. The van der Waals surface area contributed by atoms with Gasteiger partial charge in [0.2, 0.25) is 0 Å². The molecule has 15 heavy (non-hydrogen) atoms. The Balaban J connectivity index is 2.79. The van der Waals surface area contributed by atoms with Gasteiger partial charge in [-0.05, 0) is 31.0 Å². The fraction of sp³-hybridized carbons (Fsp3) is 0.538. The fourth-order valence-corrected chi connectivity index (χ4v) is 1.77. The molecule has 0 spiro atoms. The van der Waals surface area contributed by atoms with Crippen molar-refractivity contribution >= 4 is 11.4 Å². The largest absolute Gasteiger partial charge is 0.388 e. The van der Waals surface area contributed by atoms with Crippen LogP contribution in [0.2, 0.25) is 0 Å². The first-order valence-corrected chi connectivity index (χ1v) is 5.84. The topological polar surface area (TPSA) is 15.3 Å². The summed E-state index contributed by atoms with van der Waals surface area (Å²) in [5.41, 5.74) is 2.51. The molecule has 0 atom stereocenters. The molecule has 0 saturated heterocycles. The van der Waals surface area contributed by atoms with Gasteiger partial charge in [0.05, 0.1) is 0 Å². The van der Waals surface area contributed by atoms with Gasteiger partial charge in [-0.25, -0.2) is 0 Å². The smallest absolute Gasteiger partial charge is 0.0386 e. The average Bonchev–Trinajstić information content (AvgIpc) is 2.29. The van der Waals surface area contributed by atoms with Crippen molar-refractivity contribution in [1.82, 2.24) is 0 Å². The minimum absolute atomic E-state index is 1.14. The van der Waals surface area contributed by atoms with Crippen LogP contribution in [-0.2, 0) is 0 Å². The first-order valence-electron chi connectivity index (χ1n) is 5.84. The molecule has 1 aromatic carbocycles. The second-order valence-electron chi connectivity index (χ2n) is 3.79. The number of nitrogens with zero attached hydrogens (tertiary/aromatic N) is 1. The van der Waals surface area contributed by atoms with Gasteiger partial charge >= 0.3 is 0 Å². The Hall–Kier alpha value is -1.18. The van der Waals surface area contributed by atoms with Crippen LogP contribution in [0, 0.1) is 0 Å². The Bertz CT molecular complexity index is 278. The normalized spacial score (nSPS) is 10.1. The lowest BCUT2D eigenvalue weighted by Gasteiger charge is -2.24. The van der Waals surface area contributed by atoms with E-state index in [0.29, 0.717) is 0 Å². The van der Waals surface area contributed by atoms with Gasteiger partial charge in [0, 0.05) is 31.5 Å². The quantitative estimate of drug-likeness (QED) is 0.768. The van der Waals surface area contributed by atoms with E-state index in [1.54, 1.807) is 0 Å². The van der Waals surface area contributed by atoms with Crippen LogP contribution in [-0.4, -0.2) is 20.1 Å². The first-order chi connectivity index (χ1) is 7.31. The highest BCUT2D eigenvalue weighted by molar-refractivity contribution is 5.57. The highest BCUT2D eigenvalue weighted by Gasteiger charge is 2.04. The molecule has 0 heterocycles. The zero-order valence-electron chi connectivity index (χ0n) is 10.1. The molecule has 0 aromatic heterocycles. The summed E-state index contributed by atoms with van der Waals surface area (Å²) < 4.78 is 0. The summed E-state index contributed by atoms with van der Waals surface area (Å²) in [7, 11) is 1.96. The summed E-state index contributed by atoms with van der Waals surface area (Å²) in [5.74, 6) is 0. The van der Waals surface area contributed by atoms with Crippen LogP contribution in [0.15, 0.2) is 24.3 Å². The minimum atomic E-state index is 1.14. The Morgan fingerprint density at radius 3 is 2.33 bits per heavy atom. The minimum Gasteiger partial charge on any atom is -0.388 e. The van der Waals surface area contributed by atoms with E-state index in [2.05, 4.69) is 48.3 Å². The number of nitrogens with one attached hydrogen (secondary N) is 1. The van der Waals surface area contributed by atoms with Crippen LogP contribution in [0.4, 0.5) is 11.4 Å². The highest BCUT2D eigenvalue weighted by Crippen LogP contribution is 2.19. The van der Waals surface area contributed by atoms with Gasteiger partial charge in [0.15, 0.2) is 0 Å². The van der Waals surface area contributed by atoms with E-state index in [9.17, 15) is 0 Å². The van der Waals surface area contributed by atoms with Gasteiger partial charge in [-0.15, -0.1) is 0 Å². The molecule has 0 bridgehead atoms. The SMILES string of the molecule is CCCN(CCC)c1cccc(NC)c1. The molecule has 1 rings (SSSR count). The molecule has 0 fully saturated rings. The lowest BCUT2D eigenvalue weighted by molar-refractivity contribution is 0.745. The Labute approximate surface area is 93.3 Å².